The molecule has 1 aliphatic carbocycles. The maximum absolute atomic E-state index is 13.7. The number of likely N-dealkylation sites (tertiary alicyclic amines) is 1. The van der Waals surface area contributed by atoms with Crippen LogP contribution < -0.4 is 10.2 Å². The lowest BCUT2D eigenvalue weighted by Gasteiger charge is -2.46. The minimum atomic E-state index is -0.293. The van der Waals surface area contributed by atoms with Crippen LogP contribution in [0, 0.1) is 10.8 Å². The third-order valence-electron chi connectivity index (χ3n) is 7.21. The summed E-state index contributed by atoms with van der Waals surface area (Å²) in [6.07, 6.45) is 13.0. The number of para-hydroxylation sites is 2. The molecule has 0 atom stereocenters. The number of amides is 1. The Kier molecular flexibility index (Phi) is 5.70. The number of likely N-dealkylation sites (N-methyl/N-ethyl adjacent to an activating group) is 1. The molecule has 0 radical (unpaired) electrons. The lowest BCUT2D eigenvalue weighted by Crippen LogP contribution is -2.54. The van der Waals surface area contributed by atoms with Gasteiger partial charge in [-0.2, -0.15) is 0 Å². The van der Waals surface area contributed by atoms with Crippen LogP contribution in [0.15, 0.2) is 66.0 Å². The summed E-state index contributed by atoms with van der Waals surface area (Å²) in [5, 5.41) is 11.5. The van der Waals surface area contributed by atoms with E-state index in [2.05, 4.69) is 15.2 Å². The second-order valence-electron chi connectivity index (χ2n) is 9.09. The van der Waals surface area contributed by atoms with Crippen LogP contribution in [-0.2, 0) is 4.79 Å². The van der Waals surface area contributed by atoms with Crippen LogP contribution in [-0.4, -0.2) is 59.7 Å². The molecule has 7 nitrogen and oxygen atoms in total. The molecule has 1 amide bonds. The summed E-state index contributed by atoms with van der Waals surface area (Å²) in [5.74, 6) is 1.15. The Bertz CT molecular complexity index is 1170. The second-order valence-corrected chi connectivity index (χ2v) is 9.09. The SMILES string of the molecule is CN/C(CN1CCCC2(CCN(c3cnc4ccccc4n3)CC2)C1=O)=C1/C=CC=CC1=N. The molecule has 1 aromatic heterocycles. The second kappa shape index (κ2) is 8.81. The van der Waals surface area contributed by atoms with Gasteiger partial charge >= 0.3 is 0 Å². The zero-order valence-electron chi connectivity index (χ0n) is 19.1. The molecule has 1 aromatic carbocycles. The summed E-state index contributed by atoms with van der Waals surface area (Å²) in [6.45, 7) is 2.91. The van der Waals surface area contributed by atoms with Crippen LogP contribution in [0.1, 0.15) is 25.7 Å². The molecule has 33 heavy (non-hydrogen) atoms. The molecule has 0 saturated carbocycles. The van der Waals surface area contributed by atoms with Gasteiger partial charge in [-0.3, -0.25) is 9.78 Å². The van der Waals surface area contributed by atoms with Crippen LogP contribution in [0.3, 0.4) is 0 Å². The number of hydrogen-bond acceptors (Lipinski definition) is 6. The van der Waals surface area contributed by atoms with Crippen molar-refractivity contribution in [2.75, 3.05) is 38.1 Å². The molecule has 3 heterocycles. The first-order valence-electron chi connectivity index (χ1n) is 11.7. The standard InChI is InChI=1S/C26H30N6O/c1-28-23(19-7-2-3-8-20(19)27)18-32-14-6-11-26(25(32)33)12-15-31(16-13-26)24-17-29-21-9-4-5-10-22(21)30-24/h2-5,7-10,17,27-28H,6,11-16,18H2,1H3/b23-19-,27-20?. The number of carbonyl (C=O) groups is 1. The van der Waals surface area contributed by atoms with E-state index in [0.717, 1.165) is 73.4 Å². The number of nitrogens with one attached hydrogen (secondary N) is 2. The molecule has 2 fully saturated rings. The van der Waals surface area contributed by atoms with Crippen LogP contribution in [0.4, 0.5) is 5.82 Å². The Morgan fingerprint density at radius 1 is 1.09 bits per heavy atom. The highest BCUT2D eigenvalue weighted by molar-refractivity contribution is 6.10. The van der Waals surface area contributed by atoms with Gasteiger partial charge in [0.15, 0.2) is 0 Å². The molecule has 7 heteroatoms. The van der Waals surface area contributed by atoms with E-state index in [9.17, 15) is 4.79 Å². The number of nitrogens with zero attached hydrogens (tertiary/aromatic N) is 4. The van der Waals surface area contributed by atoms with Crippen LogP contribution in [0.5, 0.6) is 0 Å². The van der Waals surface area contributed by atoms with Crippen molar-refractivity contribution in [1.29, 1.82) is 5.41 Å². The molecule has 0 bridgehead atoms. The van der Waals surface area contributed by atoms with Gasteiger partial charge in [-0.15, -0.1) is 0 Å². The lowest BCUT2D eigenvalue weighted by molar-refractivity contribution is -0.147. The minimum Gasteiger partial charge on any atom is -0.389 e. The zero-order chi connectivity index (χ0) is 22.8. The van der Waals surface area contributed by atoms with Crippen molar-refractivity contribution in [1.82, 2.24) is 20.2 Å². The molecular weight excluding hydrogens is 412 g/mol. The van der Waals surface area contributed by atoms with E-state index in [0.29, 0.717) is 12.3 Å². The predicted molar refractivity (Wildman–Crippen MR) is 131 cm³/mol. The van der Waals surface area contributed by atoms with Gasteiger partial charge in [-0.1, -0.05) is 30.4 Å². The van der Waals surface area contributed by atoms with Gasteiger partial charge in [0.25, 0.3) is 0 Å². The molecule has 1 spiro atoms. The maximum atomic E-state index is 13.7. The van der Waals surface area contributed by atoms with Crippen molar-refractivity contribution in [2.45, 2.75) is 25.7 Å². The zero-order valence-corrected chi connectivity index (χ0v) is 19.1. The highest BCUT2D eigenvalue weighted by Gasteiger charge is 2.46. The number of piperidine rings is 2. The number of carbonyl (C=O) groups excluding carboxylic acids is 1. The molecule has 5 rings (SSSR count). The van der Waals surface area contributed by atoms with Gasteiger partial charge < -0.3 is 20.5 Å². The molecule has 170 valence electrons. The van der Waals surface area contributed by atoms with Crippen molar-refractivity contribution < 1.29 is 4.79 Å². The van der Waals surface area contributed by atoms with Gasteiger partial charge in [-0.05, 0) is 43.9 Å². The number of hydrogen-bond donors (Lipinski definition) is 2. The highest BCUT2D eigenvalue weighted by atomic mass is 16.2. The Hall–Kier alpha value is -3.48. The van der Waals surface area contributed by atoms with Crippen molar-refractivity contribution in [2.24, 2.45) is 5.41 Å². The minimum absolute atomic E-state index is 0.258. The first kappa shape index (κ1) is 21.4. The summed E-state index contributed by atoms with van der Waals surface area (Å²) in [4.78, 5) is 27.3. The first-order valence-corrected chi connectivity index (χ1v) is 11.7. The fraction of sp³-hybridized carbons (Fsp3) is 0.385. The molecular formula is C26H30N6O. The Balaban J connectivity index is 1.30. The number of allylic oxidation sites excluding steroid dienone is 5. The summed E-state index contributed by atoms with van der Waals surface area (Å²) < 4.78 is 0. The summed E-state index contributed by atoms with van der Waals surface area (Å²) in [7, 11) is 1.87. The topological polar surface area (TPSA) is 85.2 Å². The summed E-state index contributed by atoms with van der Waals surface area (Å²) >= 11 is 0. The van der Waals surface area contributed by atoms with E-state index in [1.165, 1.54) is 0 Å². The molecule has 2 aromatic rings. The molecule has 2 N–H and O–H groups in total. The van der Waals surface area contributed by atoms with E-state index in [1.54, 1.807) is 6.08 Å². The van der Waals surface area contributed by atoms with E-state index >= 15 is 0 Å². The largest absolute Gasteiger partial charge is 0.389 e. The fourth-order valence-electron chi connectivity index (χ4n) is 5.27. The average molecular weight is 443 g/mol. The summed E-state index contributed by atoms with van der Waals surface area (Å²) in [5.41, 5.74) is 3.77. The molecule has 2 saturated heterocycles. The normalized spacial score (nSPS) is 21.7. The Labute approximate surface area is 194 Å². The van der Waals surface area contributed by atoms with Crippen LogP contribution >= 0.6 is 0 Å². The quantitative estimate of drug-likeness (QED) is 0.758. The lowest BCUT2D eigenvalue weighted by atomic mass is 9.71. The number of rotatable bonds is 4. The summed E-state index contributed by atoms with van der Waals surface area (Å²) in [6, 6.07) is 7.92. The maximum Gasteiger partial charge on any atom is 0.229 e. The van der Waals surface area contributed by atoms with Gasteiger partial charge in [0, 0.05) is 38.0 Å². The predicted octanol–water partition coefficient (Wildman–Crippen LogP) is 3.46. The fourth-order valence-corrected chi connectivity index (χ4v) is 5.27. The van der Waals surface area contributed by atoms with E-state index < -0.39 is 0 Å². The third-order valence-corrected chi connectivity index (χ3v) is 7.21. The number of anilines is 1. The van der Waals surface area contributed by atoms with Crippen molar-refractivity contribution in [3.63, 3.8) is 0 Å². The smallest absolute Gasteiger partial charge is 0.229 e. The Morgan fingerprint density at radius 2 is 1.85 bits per heavy atom. The highest BCUT2D eigenvalue weighted by Crippen LogP contribution is 2.42. The Morgan fingerprint density at radius 3 is 2.61 bits per heavy atom. The molecule has 2 aliphatic heterocycles. The van der Waals surface area contributed by atoms with Gasteiger partial charge in [0.1, 0.15) is 5.82 Å². The van der Waals surface area contributed by atoms with E-state index in [4.69, 9.17) is 10.4 Å². The number of fused-ring (bicyclic) bond motifs is 1. The average Bonchev–Trinajstić information content (AvgIpc) is 2.86. The van der Waals surface area contributed by atoms with Crippen LogP contribution in [0.25, 0.3) is 11.0 Å². The van der Waals surface area contributed by atoms with Gasteiger partial charge in [-0.25, -0.2) is 4.98 Å². The van der Waals surface area contributed by atoms with E-state index in [1.807, 2.05) is 60.6 Å². The van der Waals surface area contributed by atoms with Gasteiger partial charge in [0.2, 0.25) is 5.91 Å². The number of benzene rings is 1. The van der Waals surface area contributed by atoms with Gasteiger partial charge in [0.05, 0.1) is 34.9 Å². The van der Waals surface area contributed by atoms with Crippen LogP contribution in [0.2, 0.25) is 0 Å². The first-order chi connectivity index (χ1) is 16.1. The monoisotopic (exact) mass is 442 g/mol. The van der Waals surface area contributed by atoms with Crippen molar-refractivity contribution in [3.05, 3.63) is 66.0 Å². The van der Waals surface area contributed by atoms with Crippen molar-refractivity contribution >= 4 is 28.5 Å². The van der Waals surface area contributed by atoms with Crippen molar-refractivity contribution in [3.8, 4) is 0 Å². The molecule has 0 unspecified atom stereocenters. The number of aromatic nitrogens is 2. The third kappa shape index (κ3) is 4.03. The molecule has 3 aliphatic rings. The van der Waals surface area contributed by atoms with E-state index in [-0.39, 0.29) is 11.3 Å².